The van der Waals surface area contributed by atoms with Crippen LogP contribution in [-0.2, 0) is 4.74 Å². The molecule has 4 nitrogen and oxygen atoms in total. The lowest BCUT2D eigenvalue weighted by molar-refractivity contribution is -0.0529. The quantitative estimate of drug-likeness (QED) is 0.393. The molecule has 162 valence electrons. The predicted octanol–water partition coefficient (Wildman–Crippen LogP) is 6.42. The summed E-state index contributed by atoms with van der Waals surface area (Å²) in [5.74, 6) is 0. The Labute approximate surface area is 184 Å². The van der Waals surface area contributed by atoms with Crippen LogP contribution < -0.4 is 5.32 Å². The van der Waals surface area contributed by atoms with Crippen LogP contribution in [0, 0.1) is 6.92 Å². The van der Waals surface area contributed by atoms with Crippen LogP contribution in [0.2, 0.25) is 0 Å². The average Bonchev–Trinajstić information content (AvgIpc) is 3.11. The van der Waals surface area contributed by atoms with Crippen molar-refractivity contribution in [2.24, 2.45) is 0 Å². The van der Waals surface area contributed by atoms with E-state index in [1.54, 1.807) is 11.3 Å². The maximum Gasteiger partial charge on any atom is 0.124 e. The molecule has 1 aromatic heterocycles. The van der Waals surface area contributed by atoms with Gasteiger partial charge in [0.15, 0.2) is 0 Å². The second kappa shape index (κ2) is 9.46. The van der Waals surface area contributed by atoms with Gasteiger partial charge in [-0.1, -0.05) is 13.0 Å². The van der Waals surface area contributed by atoms with E-state index in [4.69, 9.17) is 9.72 Å². The molecule has 1 atom stereocenters. The predicted molar refractivity (Wildman–Crippen MR) is 128 cm³/mol. The van der Waals surface area contributed by atoms with E-state index in [1.807, 2.05) is 0 Å². The first-order chi connectivity index (χ1) is 14.2. The molecule has 0 aliphatic heterocycles. The Morgan fingerprint density at radius 1 is 1.07 bits per heavy atom. The highest BCUT2D eigenvalue weighted by Gasteiger charge is 2.24. The Balaban J connectivity index is 1.61. The number of fused-ring (bicyclic) bond motifs is 1. The number of nitrogens with one attached hydrogen (secondary N) is 1. The smallest absolute Gasteiger partial charge is 0.124 e. The van der Waals surface area contributed by atoms with Crippen molar-refractivity contribution in [2.75, 3.05) is 18.5 Å². The second-order valence-electron chi connectivity index (χ2n) is 8.95. The number of aliphatic hydroxyl groups is 1. The van der Waals surface area contributed by atoms with Gasteiger partial charge in [0.1, 0.15) is 5.01 Å². The van der Waals surface area contributed by atoms with Gasteiger partial charge in [-0.25, -0.2) is 4.98 Å². The molecule has 0 aliphatic rings. The highest BCUT2D eigenvalue weighted by atomic mass is 32.1. The van der Waals surface area contributed by atoms with Gasteiger partial charge in [-0.05, 0) is 88.9 Å². The molecule has 0 spiro atoms. The van der Waals surface area contributed by atoms with Gasteiger partial charge in [0.2, 0.25) is 0 Å². The Morgan fingerprint density at radius 2 is 1.80 bits per heavy atom. The van der Waals surface area contributed by atoms with E-state index in [0.717, 1.165) is 34.6 Å². The monoisotopic (exact) mass is 426 g/mol. The van der Waals surface area contributed by atoms with Crippen LogP contribution in [0.1, 0.15) is 52.5 Å². The minimum Gasteiger partial charge on any atom is -0.396 e. The third-order valence-corrected chi connectivity index (χ3v) is 6.79. The Morgan fingerprint density at radius 3 is 2.47 bits per heavy atom. The van der Waals surface area contributed by atoms with Crippen LogP contribution in [0.5, 0.6) is 0 Å². The van der Waals surface area contributed by atoms with Gasteiger partial charge < -0.3 is 15.2 Å². The molecule has 2 aromatic carbocycles. The number of ether oxygens (including phenoxy) is 1. The molecular formula is C25H34N2O2S. The SMILES string of the molecule is CCC(C)(CCO)OCCC(C)(C)Nc1ccc(-c2nc3ccc(C)cc3s2)cc1. The van der Waals surface area contributed by atoms with Gasteiger partial charge in [-0.3, -0.25) is 0 Å². The first-order valence-corrected chi connectivity index (χ1v) is 11.6. The fourth-order valence-electron chi connectivity index (χ4n) is 3.44. The van der Waals surface area contributed by atoms with Crippen LogP contribution in [0.3, 0.4) is 0 Å². The largest absolute Gasteiger partial charge is 0.396 e. The summed E-state index contributed by atoms with van der Waals surface area (Å²) in [4.78, 5) is 4.78. The summed E-state index contributed by atoms with van der Waals surface area (Å²) < 4.78 is 7.33. The first kappa shape index (κ1) is 22.7. The number of anilines is 1. The molecule has 5 heteroatoms. The van der Waals surface area contributed by atoms with Crippen molar-refractivity contribution < 1.29 is 9.84 Å². The van der Waals surface area contributed by atoms with Gasteiger partial charge in [0.05, 0.1) is 15.8 Å². The maximum atomic E-state index is 9.25. The van der Waals surface area contributed by atoms with E-state index >= 15 is 0 Å². The van der Waals surface area contributed by atoms with Crippen LogP contribution in [-0.4, -0.2) is 34.4 Å². The van der Waals surface area contributed by atoms with Gasteiger partial charge in [-0.15, -0.1) is 11.3 Å². The molecule has 30 heavy (non-hydrogen) atoms. The van der Waals surface area contributed by atoms with Crippen molar-refractivity contribution in [1.82, 2.24) is 4.98 Å². The van der Waals surface area contributed by atoms with Crippen molar-refractivity contribution in [3.8, 4) is 10.6 Å². The summed E-state index contributed by atoms with van der Waals surface area (Å²) in [6.07, 6.45) is 2.45. The molecular weight excluding hydrogens is 392 g/mol. The molecule has 3 aromatic rings. The van der Waals surface area contributed by atoms with Crippen LogP contribution >= 0.6 is 11.3 Å². The number of nitrogens with zero attached hydrogens (tertiary/aromatic N) is 1. The molecule has 1 heterocycles. The van der Waals surface area contributed by atoms with Gasteiger partial charge in [-0.2, -0.15) is 0 Å². The van der Waals surface area contributed by atoms with E-state index in [-0.39, 0.29) is 17.7 Å². The van der Waals surface area contributed by atoms with Gasteiger partial charge >= 0.3 is 0 Å². The standard InChI is InChI=1S/C25H34N2O2S/c1-6-25(5,13-15-28)29-16-14-24(3,4)27-20-10-8-19(9-11-20)23-26-21-12-7-18(2)17-22(21)30-23/h7-12,17,27-28H,6,13-16H2,1-5H3. The second-order valence-corrected chi connectivity index (χ2v) is 9.98. The van der Waals surface area contributed by atoms with Crippen molar-refractivity contribution in [3.63, 3.8) is 0 Å². The summed E-state index contributed by atoms with van der Waals surface area (Å²) in [6, 6.07) is 14.9. The van der Waals surface area contributed by atoms with E-state index < -0.39 is 0 Å². The number of rotatable bonds is 10. The molecule has 3 rings (SSSR count). The maximum absolute atomic E-state index is 9.25. The van der Waals surface area contributed by atoms with Crippen LogP contribution in [0.25, 0.3) is 20.8 Å². The third kappa shape index (κ3) is 5.81. The van der Waals surface area contributed by atoms with Crippen LogP contribution in [0.15, 0.2) is 42.5 Å². The summed E-state index contributed by atoms with van der Waals surface area (Å²) in [5, 5.41) is 13.9. The molecule has 0 radical (unpaired) electrons. The fourth-order valence-corrected chi connectivity index (χ4v) is 4.51. The lowest BCUT2D eigenvalue weighted by Crippen LogP contribution is -2.35. The molecule has 0 bridgehead atoms. The van der Waals surface area contributed by atoms with E-state index in [2.05, 4.69) is 82.4 Å². The van der Waals surface area contributed by atoms with Crippen LogP contribution in [0.4, 0.5) is 5.69 Å². The number of hydrogen-bond acceptors (Lipinski definition) is 5. The minimum absolute atomic E-state index is 0.0945. The average molecular weight is 427 g/mol. The molecule has 0 saturated heterocycles. The number of aliphatic hydroxyl groups excluding tert-OH is 1. The Bertz CT molecular complexity index is 965. The summed E-state index contributed by atoms with van der Waals surface area (Å²) in [6.45, 7) is 11.5. The summed E-state index contributed by atoms with van der Waals surface area (Å²) >= 11 is 1.74. The van der Waals surface area contributed by atoms with Crippen molar-refractivity contribution in [1.29, 1.82) is 0 Å². The number of aryl methyl sites for hydroxylation is 1. The molecule has 2 N–H and O–H groups in total. The molecule has 0 amide bonds. The highest BCUT2D eigenvalue weighted by molar-refractivity contribution is 7.21. The summed E-state index contributed by atoms with van der Waals surface area (Å²) in [5.41, 5.74) is 4.21. The fraction of sp³-hybridized carbons (Fsp3) is 0.480. The zero-order valence-corrected chi connectivity index (χ0v) is 19.6. The third-order valence-electron chi connectivity index (χ3n) is 5.72. The van der Waals surface area contributed by atoms with E-state index in [9.17, 15) is 5.11 Å². The van der Waals surface area contributed by atoms with Gasteiger partial charge in [0, 0.05) is 30.0 Å². The Kier molecular flexibility index (Phi) is 7.17. The van der Waals surface area contributed by atoms with Gasteiger partial charge in [0.25, 0.3) is 0 Å². The van der Waals surface area contributed by atoms with E-state index in [0.29, 0.717) is 13.0 Å². The van der Waals surface area contributed by atoms with Crippen molar-refractivity contribution in [2.45, 2.75) is 65.0 Å². The molecule has 0 fully saturated rings. The highest BCUT2D eigenvalue weighted by Crippen LogP contribution is 2.32. The molecule has 0 aliphatic carbocycles. The normalized spacial score (nSPS) is 14.1. The zero-order valence-electron chi connectivity index (χ0n) is 18.8. The lowest BCUT2D eigenvalue weighted by Gasteiger charge is -2.32. The summed E-state index contributed by atoms with van der Waals surface area (Å²) in [7, 11) is 0. The first-order valence-electron chi connectivity index (χ1n) is 10.7. The molecule has 0 saturated carbocycles. The van der Waals surface area contributed by atoms with E-state index in [1.165, 1.54) is 10.3 Å². The number of aromatic nitrogens is 1. The molecule has 1 unspecified atom stereocenters. The Hall–Kier alpha value is -1.95. The zero-order chi connectivity index (χ0) is 21.8. The lowest BCUT2D eigenvalue weighted by atomic mass is 9.97. The number of thiazole rings is 1. The number of benzene rings is 2. The van der Waals surface area contributed by atoms with Crippen molar-refractivity contribution >= 4 is 27.2 Å². The van der Waals surface area contributed by atoms with Crippen molar-refractivity contribution in [3.05, 3.63) is 48.0 Å². The number of hydrogen-bond donors (Lipinski definition) is 2. The topological polar surface area (TPSA) is 54.4 Å². The minimum atomic E-state index is -0.248.